The van der Waals surface area contributed by atoms with E-state index in [0.29, 0.717) is 0 Å². The summed E-state index contributed by atoms with van der Waals surface area (Å²) in [7, 11) is -4.10. The fraction of sp³-hybridized carbons (Fsp3) is 0.278. The van der Waals surface area contributed by atoms with Gasteiger partial charge in [0, 0.05) is 12.1 Å². The third kappa shape index (κ3) is 4.43. The highest BCUT2D eigenvalue weighted by Crippen LogP contribution is 2.28. The smallest absolute Gasteiger partial charge is 0.329 e. The molecule has 1 atom stereocenters. The van der Waals surface area contributed by atoms with E-state index < -0.39 is 27.0 Å². The second-order valence-corrected chi connectivity index (χ2v) is 7.63. The average molecular weight is 392 g/mol. The molecule has 8 nitrogen and oxygen atoms in total. The zero-order chi connectivity index (χ0) is 20.2. The SMILES string of the molecule is CCOC(=O)[C@@H](C)N(c1ccc([N+](=O)[O-])cc1)S(=O)(=O)c1ccc(C)cc1. The van der Waals surface area contributed by atoms with Crippen LogP contribution in [0.5, 0.6) is 0 Å². The Labute approximate surface area is 157 Å². The second kappa shape index (κ2) is 8.17. The van der Waals surface area contributed by atoms with Crippen molar-refractivity contribution in [2.75, 3.05) is 10.9 Å². The molecule has 0 aromatic heterocycles. The van der Waals surface area contributed by atoms with Crippen molar-refractivity contribution in [1.82, 2.24) is 0 Å². The van der Waals surface area contributed by atoms with Gasteiger partial charge in [-0.1, -0.05) is 17.7 Å². The fourth-order valence-corrected chi connectivity index (χ4v) is 4.08. The number of ether oxygens (including phenoxy) is 1. The van der Waals surface area contributed by atoms with Gasteiger partial charge in [0.05, 0.1) is 22.1 Å². The van der Waals surface area contributed by atoms with E-state index in [1.165, 1.54) is 43.3 Å². The molecule has 0 spiro atoms. The van der Waals surface area contributed by atoms with E-state index in [9.17, 15) is 23.3 Å². The van der Waals surface area contributed by atoms with Crippen molar-refractivity contribution in [2.24, 2.45) is 0 Å². The predicted molar refractivity (Wildman–Crippen MR) is 100 cm³/mol. The monoisotopic (exact) mass is 392 g/mol. The number of nitrogens with zero attached hydrogens (tertiary/aromatic N) is 2. The summed E-state index contributed by atoms with van der Waals surface area (Å²) in [6, 6.07) is 9.99. The molecule has 0 heterocycles. The highest BCUT2D eigenvalue weighted by atomic mass is 32.2. The van der Waals surface area contributed by atoms with Gasteiger partial charge in [0.2, 0.25) is 0 Å². The lowest BCUT2D eigenvalue weighted by atomic mass is 10.2. The summed E-state index contributed by atoms with van der Waals surface area (Å²) < 4.78 is 32.3. The number of nitro benzene ring substituents is 1. The first-order valence-corrected chi connectivity index (χ1v) is 9.64. The van der Waals surface area contributed by atoms with Gasteiger partial charge in [-0.25, -0.2) is 13.2 Å². The first-order valence-electron chi connectivity index (χ1n) is 8.20. The summed E-state index contributed by atoms with van der Waals surface area (Å²) in [5.74, 6) is -0.716. The lowest BCUT2D eigenvalue weighted by Crippen LogP contribution is -2.44. The molecule has 0 aliphatic rings. The minimum absolute atomic E-state index is 0.00241. The predicted octanol–water partition coefficient (Wildman–Crippen LogP) is 3.05. The Hall–Kier alpha value is -2.94. The Morgan fingerprint density at radius 2 is 1.70 bits per heavy atom. The number of carbonyl (C=O) groups excluding carboxylic acids is 1. The van der Waals surface area contributed by atoms with E-state index in [2.05, 4.69) is 0 Å². The van der Waals surface area contributed by atoms with Gasteiger partial charge in [0.25, 0.3) is 15.7 Å². The van der Waals surface area contributed by atoms with E-state index in [-0.39, 0.29) is 22.9 Å². The summed E-state index contributed by atoms with van der Waals surface area (Å²) in [6.45, 7) is 4.95. The van der Waals surface area contributed by atoms with Gasteiger partial charge in [-0.15, -0.1) is 0 Å². The Bertz CT molecular complexity index is 923. The summed E-state index contributed by atoms with van der Waals surface area (Å²) in [6.07, 6.45) is 0. The second-order valence-electron chi connectivity index (χ2n) is 5.82. The van der Waals surface area contributed by atoms with Gasteiger partial charge in [-0.2, -0.15) is 0 Å². The third-order valence-corrected chi connectivity index (χ3v) is 5.79. The van der Waals surface area contributed by atoms with Crippen LogP contribution in [0.2, 0.25) is 0 Å². The van der Waals surface area contributed by atoms with Crippen LogP contribution in [0.1, 0.15) is 19.4 Å². The molecule has 27 heavy (non-hydrogen) atoms. The number of sulfonamides is 1. The number of hydrogen-bond acceptors (Lipinski definition) is 6. The van der Waals surface area contributed by atoms with E-state index in [4.69, 9.17) is 4.74 Å². The molecule has 0 saturated carbocycles. The maximum Gasteiger partial charge on any atom is 0.329 e. The van der Waals surface area contributed by atoms with Crippen molar-refractivity contribution >= 4 is 27.4 Å². The maximum atomic E-state index is 13.2. The van der Waals surface area contributed by atoms with Gasteiger partial charge >= 0.3 is 5.97 Å². The first-order chi connectivity index (χ1) is 12.7. The van der Waals surface area contributed by atoms with Gasteiger partial charge in [0.1, 0.15) is 6.04 Å². The Morgan fingerprint density at radius 1 is 1.15 bits per heavy atom. The lowest BCUT2D eigenvalue weighted by Gasteiger charge is -2.29. The molecule has 0 aliphatic carbocycles. The van der Waals surface area contributed by atoms with Crippen LogP contribution < -0.4 is 4.31 Å². The quantitative estimate of drug-likeness (QED) is 0.407. The van der Waals surface area contributed by atoms with Crippen LogP contribution in [0.4, 0.5) is 11.4 Å². The van der Waals surface area contributed by atoms with Crippen molar-refractivity contribution < 1.29 is 22.9 Å². The van der Waals surface area contributed by atoms with Gasteiger partial charge in [0.15, 0.2) is 0 Å². The molecule has 0 saturated heterocycles. The summed E-state index contributed by atoms with van der Waals surface area (Å²) in [5.41, 5.74) is 0.825. The number of esters is 1. The number of rotatable bonds is 7. The molecule has 2 aromatic carbocycles. The van der Waals surface area contributed by atoms with Crippen LogP contribution in [0, 0.1) is 17.0 Å². The highest BCUT2D eigenvalue weighted by Gasteiger charge is 2.34. The molecule has 2 aromatic rings. The molecule has 0 bridgehead atoms. The normalized spacial score (nSPS) is 12.3. The Morgan fingerprint density at radius 3 is 2.19 bits per heavy atom. The standard InChI is InChI=1S/C18H20N2O6S/c1-4-26-18(21)14(3)19(15-7-9-16(10-8-15)20(22)23)27(24,25)17-11-5-13(2)6-12-17/h5-12,14H,4H2,1-3H3/t14-/m1/s1. The molecule has 0 radical (unpaired) electrons. The topological polar surface area (TPSA) is 107 Å². The van der Waals surface area contributed by atoms with Crippen molar-refractivity contribution in [3.8, 4) is 0 Å². The summed E-state index contributed by atoms with van der Waals surface area (Å²) in [4.78, 5) is 22.5. The number of benzene rings is 2. The number of carbonyl (C=O) groups is 1. The van der Waals surface area contributed by atoms with Crippen LogP contribution in [0.3, 0.4) is 0 Å². The van der Waals surface area contributed by atoms with Gasteiger partial charge in [-0.3, -0.25) is 14.4 Å². The number of anilines is 1. The number of non-ortho nitro benzene ring substituents is 1. The van der Waals surface area contributed by atoms with Crippen LogP contribution in [-0.2, 0) is 19.6 Å². The zero-order valence-electron chi connectivity index (χ0n) is 15.2. The van der Waals surface area contributed by atoms with E-state index in [0.717, 1.165) is 9.87 Å². The summed E-state index contributed by atoms with van der Waals surface area (Å²) >= 11 is 0. The molecule has 0 N–H and O–H groups in total. The van der Waals surface area contributed by atoms with Crippen molar-refractivity contribution in [2.45, 2.75) is 31.7 Å². The summed E-state index contributed by atoms with van der Waals surface area (Å²) in [5, 5.41) is 10.9. The van der Waals surface area contributed by atoms with E-state index >= 15 is 0 Å². The van der Waals surface area contributed by atoms with Crippen molar-refractivity contribution in [1.29, 1.82) is 0 Å². The number of aryl methyl sites for hydroxylation is 1. The lowest BCUT2D eigenvalue weighted by molar-refractivity contribution is -0.384. The minimum Gasteiger partial charge on any atom is -0.464 e. The van der Waals surface area contributed by atoms with Crippen LogP contribution in [0.15, 0.2) is 53.4 Å². The number of hydrogen-bond donors (Lipinski definition) is 0. The molecule has 2 rings (SSSR count). The van der Waals surface area contributed by atoms with Crippen LogP contribution >= 0.6 is 0 Å². The molecule has 144 valence electrons. The highest BCUT2D eigenvalue weighted by molar-refractivity contribution is 7.92. The van der Waals surface area contributed by atoms with Crippen molar-refractivity contribution in [3.63, 3.8) is 0 Å². The molecule has 9 heteroatoms. The van der Waals surface area contributed by atoms with Gasteiger partial charge in [-0.05, 0) is 45.0 Å². The Balaban J connectivity index is 2.56. The third-order valence-electron chi connectivity index (χ3n) is 3.87. The number of nitro groups is 1. The minimum atomic E-state index is -4.10. The van der Waals surface area contributed by atoms with E-state index in [1.807, 2.05) is 6.92 Å². The van der Waals surface area contributed by atoms with E-state index in [1.54, 1.807) is 19.1 Å². The molecule has 0 fully saturated rings. The molecular weight excluding hydrogens is 372 g/mol. The first kappa shape index (κ1) is 20.4. The van der Waals surface area contributed by atoms with Crippen LogP contribution in [0.25, 0.3) is 0 Å². The average Bonchev–Trinajstić information content (AvgIpc) is 2.62. The fourth-order valence-electron chi connectivity index (χ4n) is 2.47. The largest absolute Gasteiger partial charge is 0.464 e. The molecular formula is C18H20N2O6S. The van der Waals surface area contributed by atoms with Gasteiger partial charge < -0.3 is 4.74 Å². The maximum absolute atomic E-state index is 13.2. The Kier molecular flexibility index (Phi) is 6.17. The van der Waals surface area contributed by atoms with Crippen molar-refractivity contribution in [3.05, 3.63) is 64.2 Å². The molecule has 0 amide bonds. The molecule has 0 unspecified atom stereocenters. The molecule has 0 aliphatic heterocycles. The zero-order valence-corrected chi connectivity index (χ0v) is 16.0. The van der Waals surface area contributed by atoms with Crippen LogP contribution in [-0.4, -0.2) is 32.0 Å².